The molecule has 1 unspecified atom stereocenters. The number of alkyl halides is 3. The molecule has 4 aromatic rings. The fraction of sp³-hybridized carbons (Fsp3) is 0.130. The minimum atomic E-state index is -4.47. The first-order chi connectivity index (χ1) is 16.3. The van der Waals surface area contributed by atoms with Crippen LogP contribution in [0.2, 0.25) is 0 Å². The van der Waals surface area contributed by atoms with Crippen molar-refractivity contribution in [1.29, 1.82) is 0 Å². The molecule has 2 aromatic heterocycles. The van der Waals surface area contributed by atoms with Crippen LogP contribution < -0.4 is 10.7 Å². The smallest absolute Gasteiger partial charge is 0.408 e. The molecule has 0 radical (unpaired) electrons. The van der Waals surface area contributed by atoms with Crippen molar-refractivity contribution in [2.24, 2.45) is 5.10 Å². The van der Waals surface area contributed by atoms with E-state index in [2.05, 4.69) is 25.8 Å². The number of aromatic carboxylic acids is 1. The molecule has 172 valence electrons. The average molecular weight is 483 g/mol. The number of carboxylic acids is 1. The first-order valence-corrected chi connectivity index (χ1v) is 11.0. The summed E-state index contributed by atoms with van der Waals surface area (Å²) in [7, 11) is 0. The van der Waals surface area contributed by atoms with E-state index in [1.807, 2.05) is 24.3 Å². The molecule has 11 heteroatoms. The fourth-order valence-corrected chi connectivity index (χ4v) is 4.47. The second-order valence-corrected chi connectivity index (χ2v) is 8.60. The quantitative estimate of drug-likeness (QED) is 0.326. The lowest BCUT2D eigenvalue weighted by molar-refractivity contribution is -0.141. The molecular weight excluding hydrogens is 467 g/mol. The lowest BCUT2D eigenvalue weighted by Crippen LogP contribution is -2.41. The highest BCUT2D eigenvalue weighted by Gasteiger charge is 2.43. The third kappa shape index (κ3) is 4.29. The summed E-state index contributed by atoms with van der Waals surface area (Å²) in [6, 6.07) is 15.0. The van der Waals surface area contributed by atoms with Crippen LogP contribution in [0.15, 0.2) is 65.8 Å². The standard InChI is InChI=1S/C23H16F3N5O2S/c24-23(25,26)20-11-18(30-31-22-29-16-4-1-2-7-19(16)34-22)13-10-12(8-9-15(13)28-20)14-5-3-6-17(27-14)21(32)33/h1-10,20,28H,11H2,(H,29,31)(H,32,33)/b30-18-. The maximum absolute atomic E-state index is 13.6. The molecule has 0 saturated heterocycles. The fourth-order valence-electron chi connectivity index (χ4n) is 3.66. The monoisotopic (exact) mass is 483 g/mol. The molecule has 1 aliphatic heterocycles. The number of fused-ring (bicyclic) bond motifs is 2. The Hall–Kier alpha value is -3.99. The van der Waals surface area contributed by atoms with Crippen LogP contribution in [0.1, 0.15) is 22.5 Å². The maximum atomic E-state index is 13.6. The molecular formula is C23H16F3N5O2S. The third-order valence-electron chi connectivity index (χ3n) is 5.30. The average Bonchev–Trinajstić information content (AvgIpc) is 3.24. The van der Waals surface area contributed by atoms with Crippen molar-refractivity contribution in [2.75, 3.05) is 10.7 Å². The lowest BCUT2D eigenvalue weighted by Gasteiger charge is -2.30. The number of anilines is 2. The number of hydrazone groups is 1. The van der Waals surface area contributed by atoms with E-state index in [-0.39, 0.29) is 23.5 Å². The first kappa shape index (κ1) is 21.8. The molecule has 0 aliphatic carbocycles. The van der Waals surface area contributed by atoms with Crippen molar-refractivity contribution < 1.29 is 23.1 Å². The molecule has 0 bridgehead atoms. The number of halogens is 3. The lowest BCUT2D eigenvalue weighted by atomic mass is 9.93. The van der Waals surface area contributed by atoms with Gasteiger partial charge in [-0.05, 0) is 36.4 Å². The van der Waals surface area contributed by atoms with Crippen molar-refractivity contribution in [2.45, 2.75) is 18.6 Å². The molecule has 2 aromatic carbocycles. The second kappa shape index (κ2) is 8.41. The van der Waals surface area contributed by atoms with E-state index in [9.17, 15) is 23.1 Å². The summed E-state index contributed by atoms with van der Waals surface area (Å²) in [5, 5.41) is 16.5. The highest BCUT2D eigenvalue weighted by Crippen LogP contribution is 2.36. The van der Waals surface area contributed by atoms with Crippen molar-refractivity contribution in [3.05, 3.63) is 71.9 Å². The van der Waals surface area contributed by atoms with Crippen LogP contribution in [0, 0.1) is 0 Å². The summed E-state index contributed by atoms with van der Waals surface area (Å²) in [6.45, 7) is 0. The highest BCUT2D eigenvalue weighted by atomic mass is 32.1. The normalized spacial score (nSPS) is 16.8. The second-order valence-electron chi connectivity index (χ2n) is 7.57. The van der Waals surface area contributed by atoms with Crippen LogP contribution in [-0.2, 0) is 0 Å². The number of nitrogens with one attached hydrogen (secondary N) is 2. The molecule has 3 heterocycles. The number of pyridine rings is 1. The molecule has 34 heavy (non-hydrogen) atoms. The van der Waals surface area contributed by atoms with E-state index in [0.717, 1.165) is 10.2 Å². The zero-order valence-corrected chi connectivity index (χ0v) is 18.1. The van der Waals surface area contributed by atoms with Crippen LogP contribution in [-0.4, -0.2) is 39.0 Å². The van der Waals surface area contributed by atoms with Crippen LogP contribution in [0.3, 0.4) is 0 Å². The summed E-state index contributed by atoms with van der Waals surface area (Å²) < 4.78 is 41.6. The van der Waals surface area contributed by atoms with Crippen LogP contribution >= 0.6 is 11.3 Å². The predicted octanol–water partition coefficient (Wildman–Crippen LogP) is 5.62. The van der Waals surface area contributed by atoms with Crippen LogP contribution in [0.25, 0.3) is 21.5 Å². The van der Waals surface area contributed by atoms with Crippen molar-refractivity contribution >= 4 is 44.1 Å². The number of hydrogen-bond donors (Lipinski definition) is 3. The van der Waals surface area contributed by atoms with E-state index < -0.39 is 18.2 Å². The molecule has 1 atom stereocenters. The summed E-state index contributed by atoms with van der Waals surface area (Å²) in [4.78, 5) is 19.8. The number of thiazole rings is 1. The Morgan fingerprint density at radius 2 is 1.94 bits per heavy atom. The highest BCUT2D eigenvalue weighted by molar-refractivity contribution is 7.22. The molecule has 7 nitrogen and oxygen atoms in total. The Labute approximate surface area is 195 Å². The number of hydrogen-bond acceptors (Lipinski definition) is 7. The number of benzene rings is 2. The largest absolute Gasteiger partial charge is 0.477 e. The number of rotatable bonds is 4. The molecule has 0 spiro atoms. The van der Waals surface area contributed by atoms with Gasteiger partial charge in [0.15, 0.2) is 0 Å². The van der Waals surface area contributed by atoms with Gasteiger partial charge in [0, 0.05) is 23.2 Å². The summed E-state index contributed by atoms with van der Waals surface area (Å²) >= 11 is 1.35. The Balaban J connectivity index is 1.54. The zero-order valence-electron chi connectivity index (χ0n) is 17.3. The molecule has 1 aliphatic rings. The zero-order chi connectivity index (χ0) is 23.9. The Bertz CT molecular complexity index is 1400. The van der Waals surface area contributed by atoms with Gasteiger partial charge >= 0.3 is 12.1 Å². The minimum absolute atomic E-state index is 0.128. The van der Waals surface area contributed by atoms with Crippen molar-refractivity contribution in [3.63, 3.8) is 0 Å². The molecule has 3 N–H and O–H groups in total. The minimum Gasteiger partial charge on any atom is -0.477 e. The molecule has 5 rings (SSSR count). The Morgan fingerprint density at radius 3 is 2.71 bits per heavy atom. The van der Waals surface area contributed by atoms with Gasteiger partial charge in [-0.1, -0.05) is 35.6 Å². The van der Waals surface area contributed by atoms with Gasteiger partial charge in [0.1, 0.15) is 11.7 Å². The molecule has 0 saturated carbocycles. The number of carbonyl (C=O) groups is 1. The van der Waals surface area contributed by atoms with E-state index in [1.165, 1.54) is 23.5 Å². The van der Waals surface area contributed by atoms with Gasteiger partial charge in [-0.3, -0.25) is 5.43 Å². The van der Waals surface area contributed by atoms with E-state index in [0.29, 0.717) is 22.0 Å². The summed E-state index contributed by atoms with van der Waals surface area (Å²) in [5.74, 6) is -1.17. The number of carboxylic acid groups (broad SMARTS) is 1. The van der Waals surface area contributed by atoms with Gasteiger partial charge in [0.25, 0.3) is 0 Å². The van der Waals surface area contributed by atoms with Crippen LogP contribution in [0.4, 0.5) is 24.0 Å². The van der Waals surface area contributed by atoms with Gasteiger partial charge in [-0.2, -0.15) is 18.3 Å². The van der Waals surface area contributed by atoms with Gasteiger partial charge in [0.2, 0.25) is 5.13 Å². The predicted molar refractivity (Wildman–Crippen MR) is 124 cm³/mol. The summed E-state index contributed by atoms with van der Waals surface area (Å²) in [6.07, 6.45) is -4.86. The van der Waals surface area contributed by atoms with Crippen LogP contribution in [0.5, 0.6) is 0 Å². The third-order valence-corrected chi connectivity index (χ3v) is 6.24. The summed E-state index contributed by atoms with van der Waals surface area (Å²) in [5.41, 5.74) is 5.33. The van der Waals surface area contributed by atoms with Gasteiger partial charge < -0.3 is 10.4 Å². The molecule has 0 fully saturated rings. The SMILES string of the molecule is O=C(O)c1cccc(-c2ccc3c(c2)/C(=N\Nc2nc4ccccc4s2)CC(C(F)(F)F)N3)n1. The molecule has 0 amide bonds. The number of nitrogens with zero attached hydrogens (tertiary/aromatic N) is 3. The van der Waals surface area contributed by atoms with E-state index in [4.69, 9.17) is 0 Å². The Morgan fingerprint density at radius 1 is 1.12 bits per heavy atom. The van der Waals surface area contributed by atoms with Gasteiger partial charge in [0.05, 0.1) is 21.6 Å². The van der Waals surface area contributed by atoms with Crippen molar-refractivity contribution in [3.8, 4) is 11.3 Å². The first-order valence-electron chi connectivity index (χ1n) is 10.1. The topological polar surface area (TPSA) is 99.5 Å². The number of para-hydroxylation sites is 1. The number of aromatic nitrogens is 2. The Kier molecular flexibility index (Phi) is 5.40. The van der Waals surface area contributed by atoms with Crippen molar-refractivity contribution in [1.82, 2.24) is 9.97 Å². The van der Waals surface area contributed by atoms with E-state index >= 15 is 0 Å². The van der Waals surface area contributed by atoms with E-state index in [1.54, 1.807) is 24.3 Å². The van der Waals surface area contributed by atoms with Gasteiger partial charge in [-0.25, -0.2) is 14.8 Å². The maximum Gasteiger partial charge on any atom is 0.408 e. The van der Waals surface area contributed by atoms with Gasteiger partial charge in [-0.15, -0.1) is 0 Å².